The van der Waals surface area contributed by atoms with Crippen LogP contribution in [0.1, 0.15) is 33.6 Å². The number of hydrogen-bond acceptors (Lipinski definition) is 5. The average molecular weight is 276 g/mol. The van der Waals surface area contributed by atoms with E-state index in [1.54, 1.807) is 6.92 Å². The maximum atomic E-state index is 11.4. The minimum atomic E-state index is -0.821. The van der Waals surface area contributed by atoms with Crippen molar-refractivity contribution >= 4 is 5.91 Å². The largest absolute Gasteiger partial charge is 0.381 e. The van der Waals surface area contributed by atoms with E-state index in [1.165, 1.54) is 0 Å². The Bertz CT molecular complexity index is 271. The lowest BCUT2D eigenvalue weighted by Gasteiger charge is -2.11. The molecule has 0 aromatic carbocycles. The number of rotatable bonds is 11. The first-order valence-electron chi connectivity index (χ1n) is 6.53. The summed E-state index contributed by atoms with van der Waals surface area (Å²) in [6, 6.07) is 0. The molecule has 1 unspecified atom stereocenters. The molecule has 7 nitrogen and oxygen atoms in total. The van der Waals surface area contributed by atoms with Crippen molar-refractivity contribution in [3.05, 3.63) is 10.1 Å². The Hall–Kier alpha value is -1.37. The fraction of sp³-hybridized carbons (Fsp3) is 0.917. The zero-order valence-corrected chi connectivity index (χ0v) is 11.9. The maximum Gasteiger partial charge on any atom is 0.294 e. The maximum absolute atomic E-state index is 11.4. The van der Waals surface area contributed by atoms with Crippen molar-refractivity contribution in [3.63, 3.8) is 0 Å². The highest BCUT2D eigenvalue weighted by molar-refractivity contribution is 5.75. The van der Waals surface area contributed by atoms with E-state index in [1.807, 2.05) is 0 Å². The predicted octanol–water partition coefficient (Wildman–Crippen LogP) is 1.40. The van der Waals surface area contributed by atoms with Crippen molar-refractivity contribution < 1.29 is 19.5 Å². The van der Waals surface area contributed by atoms with Crippen LogP contribution in [0, 0.1) is 22.0 Å². The molecule has 0 fully saturated rings. The molecule has 0 radical (unpaired) electrons. The van der Waals surface area contributed by atoms with Crippen LogP contribution >= 0.6 is 0 Å². The molecule has 19 heavy (non-hydrogen) atoms. The number of carbonyl (C=O) groups is 1. The minimum Gasteiger partial charge on any atom is -0.381 e. The molecule has 1 amide bonds. The van der Waals surface area contributed by atoms with Crippen molar-refractivity contribution in [1.29, 1.82) is 0 Å². The molecular weight excluding hydrogens is 252 g/mol. The van der Waals surface area contributed by atoms with Gasteiger partial charge in [-0.15, -0.1) is 10.1 Å². The Morgan fingerprint density at radius 3 is 2.58 bits per heavy atom. The number of nitrogens with zero attached hydrogens (tertiary/aromatic N) is 1. The van der Waals surface area contributed by atoms with Crippen molar-refractivity contribution in [1.82, 2.24) is 5.32 Å². The molecule has 0 aliphatic heterocycles. The topological polar surface area (TPSA) is 90.7 Å². The van der Waals surface area contributed by atoms with Crippen LogP contribution in [-0.2, 0) is 14.4 Å². The lowest BCUT2D eigenvalue weighted by molar-refractivity contribution is -0.759. The SMILES string of the molecule is CC(C)CCNC(=O)CCOCC(C)CO[N+](=O)[O-]. The monoisotopic (exact) mass is 276 g/mol. The molecule has 0 aliphatic rings. The first-order valence-corrected chi connectivity index (χ1v) is 6.53. The fourth-order valence-electron chi connectivity index (χ4n) is 1.27. The third kappa shape index (κ3) is 12.9. The molecule has 0 spiro atoms. The van der Waals surface area contributed by atoms with E-state index >= 15 is 0 Å². The minimum absolute atomic E-state index is 0.00752. The number of amides is 1. The third-order valence-electron chi connectivity index (χ3n) is 2.38. The van der Waals surface area contributed by atoms with Crippen LogP contribution in [0.15, 0.2) is 0 Å². The summed E-state index contributed by atoms with van der Waals surface area (Å²) in [5.74, 6) is 0.461. The van der Waals surface area contributed by atoms with Gasteiger partial charge in [-0.05, 0) is 12.3 Å². The molecule has 0 aliphatic carbocycles. The number of hydrogen-bond donors (Lipinski definition) is 1. The van der Waals surface area contributed by atoms with Gasteiger partial charge in [0, 0.05) is 18.9 Å². The van der Waals surface area contributed by atoms with E-state index in [2.05, 4.69) is 24.0 Å². The molecule has 0 saturated carbocycles. The van der Waals surface area contributed by atoms with Gasteiger partial charge in [-0.3, -0.25) is 4.79 Å². The lowest BCUT2D eigenvalue weighted by Crippen LogP contribution is -2.26. The van der Waals surface area contributed by atoms with Gasteiger partial charge in [0.25, 0.3) is 5.09 Å². The highest BCUT2D eigenvalue weighted by Gasteiger charge is 2.06. The summed E-state index contributed by atoms with van der Waals surface area (Å²) in [6.45, 7) is 7.33. The molecule has 0 rings (SSSR count). The molecule has 0 bridgehead atoms. The molecule has 0 saturated heterocycles. The third-order valence-corrected chi connectivity index (χ3v) is 2.38. The number of nitrogens with one attached hydrogen (secondary N) is 1. The highest BCUT2D eigenvalue weighted by Crippen LogP contribution is 1.99. The van der Waals surface area contributed by atoms with Gasteiger partial charge in [0.05, 0.1) is 13.2 Å². The Morgan fingerprint density at radius 1 is 1.32 bits per heavy atom. The van der Waals surface area contributed by atoms with E-state index < -0.39 is 5.09 Å². The highest BCUT2D eigenvalue weighted by atomic mass is 16.9. The molecule has 1 N–H and O–H groups in total. The van der Waals surface area contributed by atoms with Gasteiger partial charge in [0.1, 0.15) is 6.61 Å². The van der Waals surface area contributed by atoms with Gasteiger partial charge < -0.3 is 14.9 Å². The van der Waals surface area contributed by atoms with Crippen LogP contribution in [0.2, 0.25) is 0 Å². The van der Waals surface area contributed by atoms with E-state index in [9.17, 15) is 14.9 Å². The Kier molecular flexibility index (Phi) is 9.78. The van der Waals surface area contributed by atoms with Crippen molar-refractivity contribution in [2.75, 3.05) is 26.4 Å². The first-order chi connectivity index (χ1) is 8.91. The van der Waals surface area contributed by atoms with E-state index in [0.29, 0.717) is 32.1 Å². The Labute approximate surface area is 113 Å². The van der Waals surface area contributed by atoms with Gasteiger partial charge in [0.2, 0.25) is 5.91 Å². The van der Waals surface area contributed by atoms with Gasteiger partial charge in [-0.25, -0.2) is 0 Å². The lowest BCUT2D eigenvalue weighted by atomic mass is 10.1. The van der Waals surface area contributed by atoms with E-state index in [0.717, 1.165) is 6.42 Å². The quantitative estimate of drug-likeness (QED) is 0.350. The molecular formula is C12H24N2O5. The van der Waals surface area contributed by atoms with Crippen LogP contribution in [0.4, 0.5) is 0 Å². The molecule has 0 aromatic rings. The average Bonchev–Trinajstić information content (AvgIpc) is 2.31. The fourth-order valence-corrected chi connectivity index (χ4v) is 1.27. The van der Waals surface area contributed by atoms with Crippen LogP contribution in [0.5, 0.6) is 0 Å². The normalized spacial score (nSPS) is 12.2. The standard InChI is InChI=1S/C12H24N2O5/c1-10(2)4-6-13-12(15)5-7-18-8-11(3)9-19-14(16)17/h10-11H,4-9H2,1-3H3,(H,13,15). The number of ether oxygens (including phenoxy) is 1. The predicted molar refractivity (Wildman–Crippen MR) is 70.0 cm³/mol. The molecule has 0 aromatic heterocycles. The van der Waals surface area contributed by atoms with E-state index in [-0.39, 0.29) is 18.4 Å². The van der Waals surface area contributed by atoms with Gasteiger partial charge in [-0.2, -0.15) is 0 Å². The van der Waals surface area contributed by atoms with E-state index in [4.69, 9.17) is 4.74 Å². The summed E-state index contributed by atoms with van der Waals surface area (Å²) in [4.78, 5) is 25.6. The summed E-state index contributed by atoms with van der Waals surface area (Å²) in [5, 5.41) is 11.9. The number of carbonyl (C=O) groups excluding carboxylic acids is 1. The van der Waals surface area contributed by atoms with Crippen molar-refractivity contribution in [2.24, 2.45) is 11.8 Å². The summed E-state index contributed by atoms with van der Waals surface area (Å²) in [5.41, 5.74) is 0. The van der Waals surface area contributed by atoms with Crippen LogP contribution in [0.25, 0.3) is 0 Å². The summed E-state index contributed by atoms with van der Waals surface area (Å²) < 4.78 is 5.26. The van der Waals surface area contributed by atoms with Gasteiger partial charge >= 0.3 is 0 Å². The van der Waals surface area contributed by atoms with Crippen molar-refractivity contribution in [2.45, 2.75) is 33.6 Å². The first kappa shape index (κ1) is 17.6. The molecule has 112 valence electrons. The summed E-state index contributed by atoms with van der Waals surface area (Å²) >= 11 is 0. The zero-order chi connectivity index (χ0) is 14.7. The van der Waals surface area contributed by atoms with Crippen LogP contribution < -0.4 is 5.32 Å². The van der Waals surface area contributed by atoms with Crippen molar-refractivity contribution in [3.8, 4) is 0 Å². The second kappa shape index (κ2) is 10.5. The van der Waals surface area contributed by atoms with Gasteiger partial charge in [-0.1, -0.05) is 20.8 Å². The van der Waals surface area contributed by atoms with Crippen LogP contribution in [-0.4, -0.2) is 37.4 Å². The Balaban J connectivity index is 3.42. The smallest absolute Gasteiger partial charge is 0.294 e. The molecule has 1 atom stereocenters. The van der Waals surface area contributed by atoms with Gasteiger partial charge in [0.15, 0.2) is 0 Å². The summed E-state index contributed by atoms with van der Waals surface area (Å²) in [7, 11) is 0. The summed E-state index contributed by atoms with van der Waals surface area (Å²) in [6.07, 6.45) is 1.27. The zero-order valence-electron chi connectivity index (χ0n) is 11.9. The second-order valence-corrected chi connectivity index (χ2v) is 4.98. The molecule has 0 heterocycles. The van der Waals surface area contributed by atoms with Crippen LogP contribution in [0.3, 0.4) is 0 Å². The second-order valence-electron chi connectivity index (χ2n) is 4.98. The molecule has 7 heteroatoms. The Morgan fingerprint density at radius 2 is 2.00 bits per heavy atom.